The first kappa shape index (κ1) is 23.4. The van der Waals surface area contributed by atoms with E-state index in [-0.39, 0.29) is 12.5 Å². The van der Waals surface area contributed by atoms with Crippen LogP contribution in [-0.4, -0.2) is 41.5 Å². The third-order valence-corrected chi connectivity index (χ3v) is 5.24. The second-order valence-electron chi connectivity index (χ2n) is 7.78. The number of para-hydroxylation sites is 1. The van der Waals surface area contributed by atoms with Gasteiger partial charge in [0.15, 0.2) is 0 Å². The number of hydrogen-bond donors (Lipinski definition) is 2. The van der Waals surface area contributed by atoms with Gasteiger partial charge in [-0.2, -0.15) is 10.2 Å². The molecule has 0 fully saturated rings. The van der Waals surface area contributed by atoms with Crippen LogP contribution in [0.1, 0.15) is 21.5 Å². The average molecular weight is 468 g/mol. The lowest BCUT2D eigenvalue weighted by Crippen LogP contribution is -2.34. The average Bonchev–Trinajstić information content (AvgIpc) is 3.32. The molecule has 3 aromatic carbocycles. The highest BCUT2D eigenvalue weighted by atomic mass is 16.5. The van der Waals surface area contributed by atoms with E-state index < -0.39 is 5.91 Å². The fourth-order valence-electron chi connectivity index (χ4n) is 3.35. The predicted molar refractivity (Wildman–Crippen MR) is 135 cm³/mol. The van der Waals surface area contributed by atoms with E-state index in [0.29, 0.717) is 16.8 Å². The number of benzene rings is 3. The number of methoxy groups -OCH3 is 1. The first-order chi connectivity index (χ1) is 17.0. The lowest BCUT2D eigenvalue weighted by Gasteiger charge is -2.04. The van der Waals surface area contributed by atoms with Gasteiger partial charge in [0.1, 0.15) is 11.4 Å². The Hall–Kier alpha value is -4.72. The molecule has 1 heterocycles. The zero-order valence-electron chi connectivity index (χ0n) is 19.4. The van der Waals surface area contributed by atoms with Gasteiger partial charge in [-0.1, -0.05) is 35.9 Å². The first-order valence-corrected chi connectivity index (χ1v) is 11.0. The van der Waals surface area contributed by atoms with E-state index in [1.54, 1.807) is 23.9 Å². The molecule has 0 aliphatic carbocycles. The molecule has 4 rings (SSSR count). The van der Waals surface area contributed by atoms with Gasteiger partial charge >= 0.3 is 0 Å². The number of carbonyl (C=O) groups is 2. The molecule has 0 saturated heterocycles. The van der Waals surface area contributed by atoms with Crippen molar-refractivity contribution >= 4 is 18.0 Å². The van der Waals surface area contributed by atoms with Gasteiger partial charge in [0.05, 0.1) is 25.6 Å². The van der Waals surface area contributed by atoms with E-state index in [9.17, 15) is 9.59 Å². The first-order valence-electron chi connectivity index (χ1n) is 11.0. The summed E-state index contributed by atoms with van der Waals surface area (Å²) in [6.07, 6.45) is 3.37. The Morgan fingerprint density at radius 1 is 1.00 bits per heavy atom. The van der Waals surface area contributed by atoms with Gasteiger partial charge < -0.3 is 10.1 Å². The molecule has 0 spiro atoms. The highest BCUT2D eigenvalue weighted by Crippen LogP contribution is 2.25. The van der Waals surface area contributed by atoms with Crippen LogP contribution in [0.15, 0.2) is 90.2 Å². The van der Waals surface area contributed by atoms with Gasteiger partial charge in [0.2, 0.25) is 0 Å². The van der Waals surface area contributed by atoms with Crippen LogP contribution in [0.2, 0.25) is 0 Å². The highest BCUT2D eigenvalue weighted by molar-refractivity contribution is 5.96. The molecule has 2 N–H and O–H groups in total. The number of nitrogens with zero attached hydrogens (tertiary/aromatic N) is 3. The zero-order valence-corrected chi connectivity index (χ0v) is 19.4. The fraction of sp³-hybridized carbons (Fsp3) is 0.111. The number of aromatic nitrogens is 2. The Labute approximate surface area is 203 Å². The van der Waals surface area contributed by atoms with Gasteiger partial charge in [-0.25, -0.2) is 10.1 Å². The van der Waals surface area contributed by atoms with Crippen molar-refractivity contribution in [2.24, 2.45) is 5.10 Å². The van der Waals surface area contributed by atoms with Crippen LogP contribution in [0.25, 0.3) is 16.9 Å². The van der Waals surface area contributed by atoms with Crippen molar-refractivity contribution in [1.82, 2.24) is 20.5 Å². The number of carbonyl (C=O) groups excluding carboxylic acids is 2. The van der Waals surface area contributed by atoms with Crippen molar-refractivity contribution in [2.75, 3.05) is 13.7 Å². The van der Waals surface area contributed by atoms with Crippen LogP contribution < -0.4 is 15.5 Å². The standard InChI is InChI=1S/C27H25N5O3/c1-19-8-10-21(11-9-19)27(34)28-17-25(33)30-29-16-22-18-32(23-6-4-3-5-7-23)31-26(22)20-12-14-24(35-2)15-13-20/h3-16,18H,17H2,1-2H3,(H,28,34)(H,30,33)/b29-16+. The number of rotatable bonds is 8. The summed E-state index contributed by atoms with van der Waals surface area (Å²) >= 11 is 0. The van der Waals surface area contributed by atoms with Crippen LogP contribution in [0.3, 0.4) is 0 Å². The topological polar surface area (TPSA) is 97.6 Å². The van der Waals surface area contributed by atoms with E-state index in [4.69, 9.17) is 9.84 Å². The number of ether oxygens (including phenoxy) is 1. The predicted octanol–water partition coefficient (Wildman–Crippen LogP) is 3.74. The molecule has 0 unspecified atom stereocenters. The zero-order chi connectivity index (χ0) is 24.6. The molecule has 2 amide bonds. The maximum absolute atomic E-state index is 12.2. The van der Waals surface area contributed by atoms with Crippen molar-refractivity contribution in [2.45, 2.75) is 6.92 Å². The Morgan fingerprint density at radius 2 is 1.71 bits per heavy atom. The number of amides is 2. The van der Waals surface area contributed by atoms with Crippen molar-refractivity contribution in [1.29, 1.82) is 0 Å². The Bertz CT molecular complexity index is 1330. The molecule has 8 nitrogen and oxygen atoms in total. The SMILES string of the molecule is COc1ccc(-c2nn(-c3ccccc3)cc2/C=N/NC(=O)CNC(=O)c2ccc(C)cc2)cc1. The molecule has 8 heteroatoms. The molecular weight excluding hydrogens is 442 g/mol. The van der Waals surface area contributed by atoms with E-state index in [0.717, 1.165) is 22.6 Å². The lowest BCUT2D eigenvalue weighted by molar-refractivity contribution is -0.120. The van der Waals surface area contributed by atoms with E-state index in [1.165, 1.54) is 6.21 Å². The number of aryl methyl sites for hydroxylation is 1. The Balaban J connectivity index is 1.46. The second-order valence-corrected chi connectivity index (χ2v) is 7.78. The van der Waals surface area contributed by atoms with Crippen molar-refractivity contribution in [3.05, 3.63) is 102 Å². The fourth-order valence-corrected chi connectivity index (χ4v) is 3.35. The van der Waals surface area contributed by atoms with Crippen molar-refractivity contribution < 1.29 is 14.3 Å². The summed E-state index contributed by atoms with van der Waals surface area (Å²) < 4.78 is 7.00. The Morgan fingerprint density at radius 3 is 2.40 bits per heavy atom. The maximum Gasteiger partial charge on any atom is 0.259 e. The number of hydrogen-bond acceptors (Lipinski definition) is 5. The minimum Gasteiger partial charge on any atom is -0.497 e. The molecule has 4 aromatic rings. The van der Waals surface area contributed by atoms with Crippen LogP contribution >= 0.6 is 0 Å². The lowest BCUT2D eigenvalue weighted by atomic mass is 10.1. The largest absolute Gasteiger partial charge is 0.497 e. The van der Waals surface area contributed by atoms with Gasteiger partial charge in [0, 0.05) is 22.9 Å². The molecule has 0 atom stereocenters. The highest BCUT2D eigenvalue weighted by Gasteiger charge is 2.12. The molecule has 0 aliphatic heterocycles. The summed E-state index contributed by atoms with van der Waals surface area (Å²) in [5.74, 6) is -0.0235. The van der Waals surface area contributed by atoms with Gasteiger partial charge in [-0.15, -0.1) is 0 Å². The van der Waals surface area contributed by atoms with E-state index in [1.807, 2.05) is 79.9 Å². The van der Waals surface area contributed by atoms with Crippen LogP contribution in [0.5, 0.6) is 5.75 Å². The second kappa shape index (κ2) is 10.9. The molecule has 0 aliphatic rings. The van der Waals surface area contributed by atoms with Crippen molar-refractivity contribution in [3.8, 4) is 22.7 Å². The summed E-state index contributed by atoms with van der Waals surface area (Å²) in [5.41, 5.74) is 7.17. The molecule has 176 valence electrons. The number of hydrazone groups is 1. The maximum atomic E-state index is 12.2. The molecular formula is C27H25N5O3. The van der Waals surface area contributed by atoms with Crippen LogP contribution in [-0.2, 0) is 4.79 Å². The minimum atomic E-state index is -0.442. The number of nitrogens with one attached hydrogen (secondary N) is 2. The molecule has 35 heavy (non-hydrogen) atoms. The normalized spacial score (nSPS) is 10.8. The van der Waals surface area contributed by atoms with E-state index in [2.05, 4.69) is 15.8 Å². The van der Waals surface area contributed by atoms with Gasteiger partial charge in [-0.3, -0.25) is 9.59 Å². The monoisotopic (exact) mass is 467 g/mol. The molecule has 0 saturated carbocycles. The van der Waals surface area contributed by atoms with E-state index >= 15 is 0 Å². The molecule has 0 bridgehead atoms. The smallest absolute Gasteiger partial charge is 0.259 e. The molecule has 0 radical (unpaired) electrons. The molecule has 1 aromatic heterocycles. The minimum absolute atomic E-state index is 0.196. The van der Waals surface area contributed by atoms with Crippen LogP contribution in [0, 0.1) is 6.92 Å². The van der Waals surface area contributed by atoms with Crippen molar-refractivity contribution in [3.63, 3.8) is 0 Å². The summed E-state index contributed by atoms with van der Waals surface area (Å²) in [4.78, 5) is 24.4. The Kier molecular flexibility index (Phi) is 7.32. The quantitative estimate of drug-likeness (QED) is 0.305. The summed E-state index contributed by atoms with van der Waals surface area (Å²) in [7, 11) is 1.61. The summed E-state index contributed by atoms with van der Waals surface area (Å²) in [6.45, 7) is 1.75. The third-order valence-electron chi connectivity index (χ3n) is 5.24. The third kappa shape index (κ3) is 6.00. The van der Waals surface area contributed by atoms with Crippen LogP contribution in [0.4, 0.5) is 0 Å². The van der Waals surface area contributed by atoms with Gasteiger partial charge in [-0.05, 0) is 55.5 Å². The summed E-state index contributed by atoms with van der Waals surface area (Å²) in [5, 5.41) is 11.4. The summed E-state index contributed by atoms with van der Waals surface area (Å²) in [6, 6.07) is 24.3. The van der Waals surface area contributed by atoms with Gasteiger partial charge in [0.25, 0.3) is 11.8 Å².